The maximum Gasteiger partial charge on any atom is 0.334 e. The molecular weight excluding hydrogens is 520 g/mol. The Balaban J connectivity index is 1.27. The molecule has 2 saturated heterocycles. The lowest BCUT2D eigenvalue weighted by molar-refractivity contribution is -0.154. The summed E-state index contributed by atoms with van der Waals surface area (Å²) in [4.78, 5) is 32.0. The summed E-state index contributed by atoms with van der Waals surface area (Å²) in [6.45, 7) is 4.35. The van der Waals surface area contributed by atoms with Gasteiger partial charge >= 0.3 is 5.97 Å². The zero-order valence-corrected chi connectivity index (χ0v) is 23.6. The van der Waals surface area contributed by atoms with Crippen LogP contribution in [0.4, 0.5) is 0 Å². The van der Waals surface area contributed by atoms with E-state index in [4.69, 9.17) is 9.47 Å². The number of carboxylic acid groups (broad SMARTS) is 1. The number of nitrogens with zero attached hydrogens (tertiary/aromatic N) is 3. The summed E-state index contributed by atoms with van der Waals surface area (Å²) in [5.41, 5.74) is 5.29. The van der Waals surface area contributed by atoms with Gasteiger partial charge in [-0.2, -0.15) is 5.26 Å². The highest BCUT2D eigenvalue weighted by atomic mass is 16.5. The molecule has 214 valence electrons. The number of likely N-dealkylation sites (tertiary alicyclic amines) is 1. The number of fused-ring (bicyclic) bond motifs is 1. The molecule has 2 N–H and O–H groups in total. The molecule has 1 unspecified atom stereocenters. The van der Waals surface area contributed by atoms with E-state index in [1.165, 1.54) is 5.39 Å². The van der Waals surface area contributed by atoms with Gasteiger partial charge in [-0.1, -0.05) is 12.1 Å². The van der Waals surface area contributed by atoms with Crippen molar-refractivity contribution in [3.8, 4) is 11.8 Å². The second-order valence-corrected chi connectivity index (χ2v) is 11.9. The Morgan fingerprint density at radius 3 is 2.68 bits per heavy atom. The van der Waals surface area contributed by atoms with E-state index in [1.54, 1.807) is 12.0 Å². The van der Waals surface area contributed by atoms with Crippen LogP contribution in [0.1, 0.15) is 58.8 Å². The predicted octanol–water partition coefficient (Wildman–Crippen LogP) is 4.67. The van der Waals surface area contributed by atoms with Crippen molar-refractivity contribution in [1.29, 1.82) is 5.26 Å². The average molecular weight is 557 g/mol. The summed E-state index contributed by atoms with van der Waals surface area (Å²) >= 11 is 0. The number of piperidine rings is 1. The van der Waals surface area contributed by atoms with E-state index in [2.05, 4.69) is 35.0 Å². The smallest absolute Gasteiger partial charge is 0.334 e. The number of amides is 1. The van der Waals surface area contributed by atoms with Gasteiger partial charge in [-0.15, -0.1) is 0 Å². The first-order valence-corrected chi connectivity index (χ1v) is 14.3. The molecular formula is C32H36N4O5. The highest BCUT2D eigenvalue weighted by Gasteiger charge is 2.49. The van der Waals surface area contributed by atoms with Crippen LogP contribution in [0, 0.1) is 29.6 Å². The maximum atomic E-state index is 13.2. The molecule has 3 fully saturated rings. The first-order valence-electron chi connectivity index (χ1n) is 14.3. The highest BCUT2D eigenvalue weighted by Crippen LogP contribution is 2.56. The number of benzene rings is 2. The van der Waals surface area contributed by atoms with Gasteiger partial charge in [0.25, 0.3) is 5.91 Å². The summed E-state index contributed by atoms with van der Waals surface area (Å²) in [7, 11) is 1.72. The minimum atomic E-state index is -1.05. The SMILES string of the molecule is COc1cc(C)c2[nH]ccc2c1CN1CCC2(CC(C#N)C2)C[C@H]1c1ccc(C(=O)N2CCOC(C(=O)O)C2)cc1. The summed E-state index contributed by atoms with van der Waals surface area (Å²) in [5, 5.41) is 20.0. The zero-order chi connectivity index (χ0) is 28.7. The third-order valence-corrected chi connectivity index (χ3v) is 9.40. The first-order chi connectivity index (χ1) is 19.8. The van der Waals surface area contributed by atoms with Gasteiger partial charge in [0.05, 0.1) is 26.3 Å². The number of nitrogens with one attached hydrogen (secondary N) is 1. The maximum absolute atomic E-state index is 13.2. The van der Waals surface area contributed by atoms with Gasteiger partial charge in [0.1, 0.15) is 5.75 Å². The van der Waals surface area contributed by atoms with Crippen LogP contribution in [0.2, 0.25) is 0 Å². The fraction of sp³-hybridized carbons (Fsp3) is 0.469. The Morgan fingerprint density at radius 2 is 1.98 bits per heavy atom. The molecule has 1 spiro atoms. The lowest BCUT2D eigenvalue weighted by Crippen LogP contribution is -2.48. The number of carbonyl (C=O) groups is 2. The van der Waals surface area contributed by atoms with Crippen molar-refractivity contribution in [3.63, 3.8) is 0 Å². The Kier molecular flexibility index (Phi) is 7.22. The molecule has 3 heterocycles. The van der Waals surface area contributed by atoms with Crippen LogP contribution in [0.5, 0.6) is 5.75 Å². The number of aromatic nitrogens is 1. The molecule has 0 radical (unpaired) electrons. The number of nitriles is 1. The van der Waals surface area contributed by atoms with Gasteiger partial charge in [0.15, 0.2) is 6.10 Å². The molecule has 6 rings (SSSR count). The molecule has 9 heteroatoms. The third-order valence-electron chi connectivity index (χ3n) is 9.40. The number of hydrogen-bond acceptors (Lipinski definition) is 6. The van der Waals surface area contributed by atoms with Crippen molar-refractivity contribution >= 4 is 22.8 Å². The minimum absolute atomic E-state index is 0.0426. The van der Waals surface area contributed by atoms with Crippen LogP contribution in [0.25, 0.3) is 10.9 Å². The van der Waals surface area contributed by atoms with Crippen LogP contribution in [-0.2, 0) is 16.1 Å². The quantitative estimate of drug-likeness (QED) is 0.453. The lowest BCUT2D eigenvalue weighted by Gasteiger charge is -2.53. The van der Waals surface area contributed by atoms with Crippen molar-refractivity contribution in [3.05, 3.63) is 64.8 Å². The fourth-order valence-electron chi connectivity index (χ4n) is 7.14. The molecule has 41 heavy (non-hydrogen) atoms. The van der Waals surface area contributed by atoms with E-state index in [1.807, 2.05) is 30.5 Å². The van der Waals surface area contributed by atoms with E-state index < -0.39 is 12.1 Å². The number of carbonyl (C=O) groups excluding carboxylic acids is 1. The molecule has 9 nitrogen and oxygen atoms in total. The number of ether oxygens (including phenoxy) is 2. The van der Waals surface area contributed by atoms with E-state index in [9.17, 15) is 20.0 Å². The van der Waals surface area contributed by atoms with Gasteiger partial charge in [-0.05, 0) is 80.0 Å². The van der Waals surface area contributed by atoms with E-state index >= 15 is 0 Å². The molecule has 0 bridgehead atoms. The summed E-state index contributed by atoms with van der Waals surface area (Å²) < 4.78 is 11.1. The predicted molar refractivity (Wildman–Crippen MR) is 152 cm³/mol. The number of aryl methyl sites for hydroxylation is 1. The van der Waals surface area contributed by atoms with Crippen molar-refractivity contribution in [2.75, 3.05) is 33.4 Å². The van der Waals surface area contributed by atoms with E-state index in [0.717, 1.165) is 66.7 Å². The second-order valence-electron chi connectivity index (χ2n) is 11.9. The van der Waals surface area contributed by atoms with Crippen molar-refractivity contribution in [1.82, 2.24) is 14.8 Å². The van der Waals surface area contributed by atoms with Gasteiger partial charge in [0, 0.05) is 53.3 Å². The number of rotatable bonds is 6. The van der Waals surface area contributed by atoms with Gasteiger partial charge in [-0.25, -0.2) is 4.79 Å². The molecule has 2 atom stereocenters. The number of morpholine rings is 1. The topological polar surface area (TPSA) is 119 Å². The molecule has 2 aliphatic heterocycles. The molecule has 3 aromatic rings. The molecule has 1 aromatic heterocycles. The number of hydrogen-bond donors (Lipinski definition) is 2. The Morgan fingerprint density at radius 1 is 1.20 bits per heavy atom. The monoisotopic (exact) mass is 556 g/mol. The molecule has 1 aliphatic carbocycles. The van der Waals surface area contributed by atoms with Crippen LogP contribution in [-0.4, -0.2) is 71.2 Å². The summed E-state index contributed by atoms with van der Waals surface area (Å²) in [6, 6.07) is 14.6. The molecule has 1 saturated carbocycles. The van der Waals surface area contributed by atoms with Crippen molar-refractivity contribution in [2.45, 2.75) is 51.3 Å². The normalized spacial score (nSPS) is 26.5. The number of methoxy groups -OCH3 is 1. The van der Waals surface area contributed by atoms with E-state index in [0.29, 0.717) is 12.1 Å². The minimum Gasteiger partial charge on any atom is -0.496 e. The average Bonchev–Trinajstić information content (AvgIpc) is 3.48. The Labute approximate surface area is 239 Å². The number of carboxylic acids is 1. The molecule has 1 amide bonds. The van der Waals surface area contributed by atoms with E-state index in [-0.39, 0.29) is 36.4 Å². The highest BCUT2D eigenvalue weighted by molar-refractivity contribution is 5.94. The standard InChI is InChI=1S/C32H36N4O5/c1-20-13-27(40-2)25(24-7-9-34-29(20)24)18-35-10-8-32(14-21(15-32)17-33)16-26(35)22-3-5-23(6-4-22)30(37)36-11-12-41-28(19-36)31(38)39/h3-7,9,13,21,26,28,34H,8,10-12,14-16,18-19H2,1-2H3,(H,38,39)/t21?,26-,28?,32?/m0/s1. The lowest BCUT2D eigenvalue weighted by atomic mass is 9.56. The van der Waals surface area contributed by atoms with Crippen molar-refractivity contribution in [2.24, 2.45) is 11.3 Å². The van der Waals surface area contributed by atoms with Crippen LogP contribution >= 0.6 is 0 Å². The molecule has 2 aromatic carbocycles. The largest absolute Gasteiger partial charge is 0.496 e. The number of aliphatic carboxylic acids is 1. The van der Waals surface area contributed by atoms with Crippen LogP contribution in [0.3, 0.4) is 0 Å². The van der Waals surface area contributed by atoms with Gasteiger partial charge < -0.3 is 24.5 Å². The van der Waals surface area contributed by atoms with Gasteiger partial charge in [-0.3, -0.25) is 9.69 Å². The second kappa shape index (κ2) is 10.8. The first kappa shape index (κ1) is 27.3. The zero-order valence-electron chi connectivity index (χ0n) is 23.6. The summed E-state index contributed by atoms with van der Waals surface area (Å²) in [5.74, 6) is -0.214. The van der Waals surface area contributed by atoms with Gasteiger partial charge in [0.2, 0.25) is 0 Å². The Hall–Kier alpha value is -3.87. The number of aromatic amines is 1. The number of H-pyrrole nitrogens is 1. The van der Waals surface area contributed by atoms with Crippen LogP contribution < -0.4 is 4.74 Å². The van der Waals surface area contributed by atoms with Crippen molar-refractivity contribution < 1.29 is 24.2 Å². The fourth-order valence-corrected chi connectivity index (χ4v) is 7.14. The van der Waals surface area contributed by atoms with Crippen LogP contribution in [0.15, 0.2) is 42.6 Å². The summed E-state index contributed by atoms with van der Waals surface area (Å²) in [6.07, 6.45) is 4.90. The molecule has 3 aliphatic rings. The third kappa shape index (κ3) is 5.07. The Bertz CT molecular complexity index is 1500.